The molecule has 0 aromatic heterocycles. The van der Waals surface area contributed by atoms with E-state index in [2.05, 4.69) is 10.6 Å². The monoisotopic (exact) mass is 183 g/mol. The SMILES string of the molecule is NC(=O)C1(NC2CCCC2)CNC1. The van der Waals surface area contributed by atoms with Crippen LogP contribution in [0.15, 0.2) is 0 Å². The maximum absolute atomic E-state index is 11.2. The van der Waals surface area contributed by atoms with Crippen molar-refractivity contribution >= 4 is 5.91 Å². The van der Waals surface area contributed by atoms with Crippen LogP contribution in [0.2, 0.25) is 0 Å². The summed E-state index contributed by atoms with van der Waals surface area (Å²) in [6.45, 7) is 1.39. The average Bonchev–Trinajstić information content (AvgIpc) is 2.47. The number of rotatable bonds is 3. The van der Waals surface area contributed by atoms with Crippen LogP contribution in [0.3, 0.4) is 0 Å². The second kappa shape index (κ2) is 3.27. The molecule has 0 atom stereocenters. The first-order valence-electron chi connectivity index (χ1n) is 5.01. The highest BCUT2D eigenvalue weighted by Crippen LogP contribution is 2.22. The van der Waals surface area contributed by atoms with Gasteiger partial charge in [-0.15, -0.1) is 0 Å². The third-order valence-electron chi connectivity index (χ3n) is 3.16. The molecule has 0 radical (unpaired) electrons. The molecule has 1 aliphatic carbocycles. The smallest absolute Gasteiger partial charge is 0.240 e. The zero-order valence-corrected chi connectivity index (χ0v) is 7.81. The minimum Gasteiger partial charge on any atom is -0.368 e. The van der Waals surface area contributed by atoms with Crippen molar-refractivity contribution in [2.45, 2.75) is 37.3 Å². The average molecular weight is 183 g/mol. The number of nitrogens with one attached hydrogen (secondary N) is 2. The molecule has 2 aliphatic rings. The van der Waals surface area contributed by atoms with Crippen molar-refractivity contribution in [2.75, 3.05) is 13.1 Å². The van der Waals surface area contributed by atoms with Gasteiger partial charge in [-0.25, -0.2) is 0 Å². The molecule has 4 heteroatoms. The molecule has 74 valence electrons. The zero-order valence-electron chi connectivity index (χ0n) is 7.81. The number of carbonyl (C=O) groups is 1. The molecule has 0 aromatic carbocycles. The molecule has 13 heavy (non-hydrogen) atoms. The summed E-state index contributed by atoms with van der Waals surface area (Å²) in [5, 5.41) is 6.49. The summed E-state index contributed by atoms with van der Waals surface area (Å²) in [7, 11) is 0. The summed E-state index contributed by atoms with van der Waals surface area (Å²) in [5.41, 5.74) is 4.93. The van der Waals surface area contributed by atoms with Gasteiger partial charge in [0, 0.05) is 19.1 Å². The predicted molar refractivity (Wildman–Crippen MR) is 50.2 cm³/mol. The van der Waals surface area contributed by atoms with E-state index in [1.165, 1.54) is 25.7 Å². The third-order valence-corrected chi connectivity index (χ3v) is 3.16. The Balaban J connectivity index is 1.93. The van der Waals surface area contributed by atoms with Crippen molar-refractivity contribution in [3.63, 3.8) is 0 Å². The largest absolute Gasteiger partial charge is 0.368 e. The molecule has 0 aromatic rings. The Hall–Kier alpha value is -0.610. The Morgan fingerprint density at radius 3 is 2.38 bits per heavy atom. The number of amides is 1. The molecule has 0 unspecified atom stereocenters. The first-order valence-corrected chi connectivity index (χ1v) is 5.01. The standard InChI is InChI=1S/C9H17N3O/c10-8(13)9(5-11-6-9)12-7-3-1-2-4-7/h7,11-12H,1-6H2,(H2,10,13). The molecule has 4 N–H and O–H groups in total. The van der Waals surface area contributed by atoms with Crippen LogP contribution in [0.25, 0.3) is 0 Å². The Morgan fingerprint density at radius 1 is 1.38 bits per heavy atom. The van der Waals surface area contributed by atoms with Crippen molar-refractivity contribution in [1.82, 2.24) is 10.6 Å². The van der Waals surface area contributed by atoms with Crippen molar-refractivity contribution in [2.24, 2.45) is 5.73 Å². The topological polar surface area (TPSA) is 67.2 Å². The first-order chi connectivity index (χ1) is 6.23. The maximum atomic E-state index is 11.2. The van der Waals surface area contributed by atoms with E-state index in [0.717, 1.165) is 0 Å². The molecule has 0 spiro atoms. The van der Waals surface area contributed by atoms with Gasteiger partial charge in [0.15, 0.2) is 0 Å². The summed E-state index contributed by atoms with van der Waals surface area (Å²) in [6, 6.07) is 0.509. The van der Waals surface area contributed by atoms with E-state index in [0.29, 0.717) is 19.1 Å². The summed E-state index contributed by atoms with van der Waals surface area (Å²) < 4.78 is 0. The van der Waals surface area contributed by atoms with Crippen LogP contribution >= 0.6 is 0 Å². The van der Waals surface area contributed by atoms with E-state index in [1.54, 1.807) is 0 Å². The van der Waals surface area contributed by atoms with Crippen LogP contribution in [0.1, 0.15) is 25.7 Å². The Labute approximate surface area is 78.2 Å². The number of hydrogen-bond acceptors (Lipinski definition) is 3. The molecule has 4 nitrogen and oxygen atoms in total. The Morgan fingerprint density at radius 2 is 2.00 bits per heavy atom. The highest BCUT2D eigenvalue weighted by molar-refractivity contribution is 5.86. The minimum atomic E-state index is -0.436. The summed E-state index contributed by atoms with van der Waals surface area (Å²) in [4.78, 5) is 11.2. The highest BCUT2D eigenvalue weighted by Gasteiger charge is 2.44. The van der Waals surface area contributed by atoms with E-state index in [9.17, 15) is 4.79 Å². The van der Waals surface area contributed by atoms with Gasteiger partial charge < -0.3 is 11.1 Å². The number of nitrogens with two attached hydrogens (primary N) is 1. The van der Waals surface area contributed by atoms with Gasteiger partial charge in [-0.2, -0.15) is 0 Å². The second-order valence-corrected chi connectivity index (χ2v) is 4.18. The van der Waals surface area contributed by atoms with E-state index >= 15 is 0 Å². The molecule has 1 amide bonds. The number of primary amides is 1. The van der Waals surface area contributed by atoms with Crippen molar-refractivity contribution in [1.29, 1.82) is 0 Å². The second-order valence-electron chi connectivity index (χ2n) is 4.18. The van der Waals surface area contributed by atoms with Gasteiger partial charge in [0.1, 0.15) is 5.54 Å². The highest BCUT2D eigenvalue weighted by atomic mass is 16.1. The molecule has 2 fully saturated rings. The first kappa shape index (κ1) is 8.97. The molecule has 1 saturated heterocycles. The lowest BCUT2D eigenvalue weighted by Crippen LogP contribution is -2.75. The van der Waals surface area contributed by atoms with E-state index in [1.807, 2.05) is 0 Å². The van der Waals surface area contributed by atoms with Crippen molar-refractivity contribution in [3.05, 3.63) is 0 Å². The van der Waals surface area contributed by atoms with E-state index in [4.69, 9.17) is 5.73 Å². The van der Waals surface area contributed by atoms with Crippen LogP contribution in [0.4, 0.5) is 0 Å². The summed E-state index contributed by atoms with van der Waals surface area (Å²) in [6.07, 6.45) is 4.93. The summed E-state index contributed by atoms with van der Waals surface area (Å²) >= 11 is 0. The van der Waals surface area contributed by atoms with Crippen LogP contribution in [0.5, 0.6) is 0 Å². The van der Waals surface area contributed by atoms with Crippen molar-refractivity contribution in [3.8, 4) is 0 Å². The fraction of sp³-hybridized carbons (Fsp3) is 0.889. The van der Waals surface area contributed by atoms with Gasteiger partial charge >= 0.3 is 0 Å². The number of carbonyl (C=O) groups excluding carboxylic acids is 1. The van der Waals surface area contributed by atoms with E-state index in [-0.39, 0.29) is 5.91 Å². The molecule has 2 rings (SSSR count). The number of hydrogen-bond donors (Lipinski definition) is 3. The van der Waals surface area contributed by atoms with Gasteiger partial charge in [0.05, 0.1) is 0 Å². The Bertz CT molecular complexity index is 207. The molecular formula is C9H17N3O. The molecule has 1 saturated carbocycles. The van der Waals surface area contributed by atoms with Gasteiger partial charge in [-0.1, -0.05) is 12.8 Å². The fourth-order valence-electron chi connectivity index (χ4n) is 2.18. The van der Waals surface area contributed by atoms with Gasteiger partial charge in [0.2, 0.25) is 5.91 Å². The lowest BCUT2D eigenvalue weighted by molar-refractivity contribution is -0.126. The molecule has 1 aliphatic heterocycles. The Kier molecular flexibility index (Phi) is 2.26. The van der Waals surface area contributed by atoms with Gasteiger partial charge in [0.25, 0.3) is 0 Å². The molecule has 1 heterocycles. The summed E-state index contributed by atoms with van der Waals surface area (Å²) in [5.74, 6) is -0.210. The fourth-order valence-corrected chi connectivity index (χ4v) is 2.18. The predicted octanol–water partition coefficient (Wildman–Crippen LogP) is -0.654. The molecule has 0 bridgehead atoms. The normalized spacial score (nSPS) is 27.1. The molecular weight excluding hydrogens is 166 g/mol. The third kappa shape index (κ3) is 1.56. The van der Waals surface area contributed by atoms with E-state index < -0.39 is 5.54 Å². The van der Waals surface area contributed by atoms with Crippen LogP contribution in [-0.4, -0.2) is 30.6 Å². The minimum absolute atomic E-state index is 0.210. The van der Waals surface area contributed by atoms with Crippen LogP contribution in [0, 0.1) is 0 Å². The van der Waals surface area contributed by atoms with Crippen LogP contribution < -0.4 is 16.4 Å². The van der Waals surface area contributed by atoms with Gasteiger partial charge in [-0.3, -0.25) is 10.1 Å². The van der Waals surface area contributed by atoms with Crippen molar-refractivity contribution < 1.29 is 4.79 Å². The lowest BCUT2D eigenvalue weighted by atomic mass is 9.90. The zero-order chi connectivity index (χ0) is 9.31. The quantitative estimate of drug-likeness (QED) is 0.544. The maximum Gasteiger partial charge on any atom is 0.240 e. The van der Waals surface area contributed by atoms with Gasteiger partial charge in [-0.05, 0) is 12.8 Å². The van der Waals surface area contributed by atoms with Crippen LogP contribution in [-0.2, 0) is 4.79 Å². The lowest BCUT2D eigenvalue weighted by Gasteiger charge is -2.42.